The van der Waals surface area contributed by atoms with Crippen LogP contribution in [0.2, 0.25) is 5.15 Å². The molecule has 9 heteroatoms. The fraction of sp³-hybridized carbons (Fsp3) is 0.200. The Hall–Kier alpha value is -3.39. The van der Waals surface area contributed by atoms with Crippen molar-refractivity contribution < 1.29 is 23.9 Å². The molecule has 1 atom stereocenters. The highest BCUT2D eigenvalue weighted by atomic mass is 35.5. The highest BCUT2D eigenvalue weighted by Gasteiger charge is 2.24. The first-order valence-corrected chi connectivity index (χ1v) is 9.06. The number of hydrogen-bond donors (Lipinski definition) is 2. The summed E-state index contributed by atoms with van der Waals surface area (Å²) in [6.45, 7) is -0.553. The minimum Gasteiger partial charge on any atom is -0.467 e. The average molecular weight is 416 g/mol. The monoisotopic (exact) mass is 415 g/mol. The number of carbonyl (C=O) groups is 3. The Morgan fingerprint density at radius 3 is 2.72 bits per heavy atom. The normalized spacial score (nSPS) is 11.7. The number of benzene rings is 1. The number of fused-ring (bicyclic) bond motifs is 1. The second-order valence-electron chi connectivity index (χ2n) is 6.15. The van der Waals surface area contributed by atoms with Crippen LogP contribution in [-0.4, -0.2) is 47.6 Å². The van der Waals surface area contributed by atoms with Gasteiger partial charge in [-0.15, -0.1) is 0 Å². The molecule has 0 unspecified atom stereocenters. The van der Waals surface area contributed by atoms with Crippen LogP contribution >= 0.6 is 11.6 Å². The molecule has 0 bridgehead atoms. The lowest BCUT2D eigenvalue weighted by atomic mass is 10.0. The molecular weight excluding hydrogens is 398 g/mol. The van der Waals surface area contributed by atoms with Crippen molar-refractivity contribution in [2.45, 2.75) is 12.5 Å². The van der Waals surface area contributed by atoms with E-state index in [1.54, 1.807) is 6.20 Å². The second kappa shape index (κ2) is 9.20. The first-order valence-electron chi connectivity index (χ1n) is 8.69. The highest BCUT2D eigenvalue weighted by molar-refractivity contribution is 6.29. The molecule has 0 fully saturated rings. The predicted octanol–water partition coefficient (Wildman–Crippen LogP) is 2.27. The number of carbonyl (C=O) groups excluding carboxylic acids is 3. The van der Waals surface area contributed by atoms with Crippen LogP contribution in [0.25, 0.3) is 10.9 Å². The summed E-state index contributed by atoms with van der Waals surface area (Å²) >= 11 is 5.67. The van der Waals surface area contributed by atoms with Gasteiger partial charge in [0.25, 0.3) is 5.91 Å². The smallest absolute Gasteiger partial charge is 0.340 e. The molecule has 0 radical (unpaired) electrons. The zero-order chi connectivity index (χ0) is 20.8. The Kier molecular flexibility index (Phi) is 6.46. The lowest BCUT2D eigenvalue weighted by Crippen LogP contribution is -2.44. The zero-order valence-electron chi connectivity index (χ0n) is 15.5. The molecule has 2 aromatic heterocycles. The number of aromatic amines is 1. The third kappa shape index (κ3) is 5.11. The Bertz CT molecular complexity index is 1030. The molecule has 3 aromatic rings. The topological polar surface area (TPSA) is 110 Å². The van der Waals surface area contributed by atoms with Crippen LogP contribution in [0.5, 0.6) is 0 Å². The van der Waals surface area contributed by atoms with Gasteiger partial charge in [0, 0.05) is 29.7 Å². The molecule has 0 saturated heterocycles. The van der Waals surface area contributed by atoms with Crippen molar-refractivity contribution in [3.8, 4) is 0 Å². The first kappa shape index (κ1) is 20.3. The van der Waals surface area contributed by atoms with Crippen molar-refractivity contribution in [2.75, 3.05) is 13.7 Å². The fourth-order valence-corrected chi connectivity index (χ4v) is 2.91. The number of para-hydroxylation sites is 1. The van der Waals surface area contributed by atoms with Gasteiger partial charge in [-0.3, -0.25) is 4.79 Å². The molecule has 1 amide bonds. The van der Waals surface area contributed by atoms with Gasteiger partial charge in [0.2, 0.25) is 0 Å². The molecule has 150 valence electrons. The molecular formula is C20H18ClN3O5. The van der Waals surface area contributed by atoms with Gasteiger partial charge in [-0.1, -0.05) is 29.8 Å². The lowest BCUT2D eigenvalue weighted by Gasteiger charge is -2.16. The van der Waals surface area contributed by atoms with Crippen LogP contribution in [0.15, 0.2) is 48.8 Å². The number of rotatable bonds is 7. The number of ether oxygens (including phenoxy) is 2. The summed E-state index contributed by atoms with van der Waals surface area (Å²) in [7, 11) is 1.24. The van der Waals surface area contributed by atoms with E-state index in [2.05, 4.69) is 15.3 Å². The van der Waals surface area contributed by atoms with E-state index in [4.69, 9.17) is 21.1 Å². The number of amides is 1. The summed E-state index contributed by atoms with van der Waals surface area (Å²) in [5, 5.41) is 3.72. The van der Waals surface area contributed by atoms with Gasteiger partial charge in [0.15, 0.2) is 6.61 Å². The van der Waals surface area contributed by atoms with E-state index in [0.29, 0.717) is 0 Å². The Labute approximate surface area is 171 Å². The number of H-pyrrole nitrogens is 1. The van der Waals surface area contributed by atoms with Crippen LogP contribution in [0.4, 0.5) is 0 Å². The number of hydrogen-bond acceptors (Lipinski definition) is 6. The quantitative estimate of drug-likeness (QED) is 0.452. The molecule has 0 saturated carbocycles. The van der Waals surface area contributed by atoms with Crippen LogP contribution in [0, 0.1) is 0 Å². The first-order chi connectivity index (χ1) is 14.0. The van der Waals surface area contributed by atoms with Crippen LogP contribution in [-0.2, 0) is 25.5 Å². The fourth-order valence-electron chi connectivity index (χ4n) is 2.80. The lowest BCUT2D eigenvalue weighted by molar-refractivity contribution is -0.145. The molecule has 0 aliphatic rings. The summed E-state index contributed by atoms with van der Waals surface area (Å²) < 4.78 is 9.74. The summed E-state index contributed by atoms with van der Waals surface area (Å²) in [5.74, 6) is -1.96. The number of halogens is 1. The van der Waals surface area contributed by atoms with Gasteiger partial charge in [0.05, 0.1) is 12.7 Å². The Balaban J connectivity index is 1.62. The van der Waals surface area contributed by atoms with Crippen molar-refractivity contribution in [2.24, 2.45) is 0 Å². The summed E-state index contributed by atoms with van der Waals surface area (Å²) in [5.41, 5.74) is 1.92. The summed E-state index contributed by atoms with van der Waals surface area (Å²) in [6, 6.07) is 9.55. The predicted molar refractivity (Wildman–Crippen MR) is 105 cm³/mol. The summed E-state index contributed by atoms with van der Waals surface area (Å²) in [6.07, 6.45) is 3.24. The standard InChI is InChI=1S/C20H18ClN3O5/c1-28-20(27)16(8-13-10-22-15-5-3-2-4-14(13)15)24-18(25)11-29-19(26)12-6-7-17(21)23-9-12/h2-7,9-10,16,22H,8,11H2,1H3,(H,24,25)/t16-/m1/s1. The van der Waals surface area contributed by atoms with Gasteiger partial charge >= 0.3 is 11.9 Å². The molecule has 0 aliphatic heterocycles. The van der Waals surface area contributed by atoms with Gasteiger partial charge in [-0.2, -0.15) is 0 Å². The van der Waals surface area contributed by atoms with E-state index in [-0.39, 0.29) is 17.1 Å². The molecule has 3 rings (SSSR count). The van der Waals surface area contributed by atoms with Gasteiger partial charge < -0.3 is 19.8 Å². The minimum atomic E-state index is -0.928. The van der Waals surface area contributed by atoms with E-state index in [9.17, 15) is 14.4 Å². The number of nitrogens with zero attached hydrogens (tertiary/aromatic N) is 1. The molecule has 1 aromatic carbocycles. The minimum absolute atomic E-state index is 0.158. The third-order valence-electron chi connectivity index (χ3n) is 4.22. The van der Waals surface area contributed by atoms with E-state index in [1.807, 2.05) is 24.3 Å². The Morgan fingerprint density at radius 1 is 1.21 bits per heavy atom. The van der Waals surface area contributed by atoms with Crippen LogP contribution < -0.4 is 5.32 Å². The zero-order valence-corrected chi connectivity index (χ0v) is 16.2. The number of pyridine rings is 1. The van der Waals surface area contributed by atoms with Crippen molar-refractivity contribution in [3.63, 3.8) is 0 Å². The van der Waals surface area contributed by atoms with E-state index < -0.39 is 30.5 Å². The van der Waals surface area contributed by atoms with Gasteiger partial charge in [-0.05, 0) is 23.8 Å². The van der Waals surface area contributed by atoms with Crippen LogP contribution in [0.1, 0.15) is 15.9 Å². The van der Waals surface area contributed by atoms with E-state index >= 15 is 0 Å². The largest absolute Gasteiger partial charge is 0.467 e. The SMILES string of the molecule is COC(=O)[C@@H](Cc1c[nH]c2ccccc12)NC(=O)COC(=O)c1ccc(Cl)nc1. The van der Waals surface area contributed by atoms with Crippen molar-refractivity contribution in [1.82, 2.24) is 15.3 Å². The maximum atomic E-state index is 12.2. The third-order valence-corrected chi connectivity index (χ3v) is 4.44. The van der Waals surface area contributed by atoms with E-state index in [1.165, 1.54) is 25.4 Å². The molecule has 0 spiro atoms. The van der Waals surface area contributed by atoms with Crippen molar-refractivity contribution in [1.29, 1.82) is 0 Å². The van der Waals surface area contributed by atoms with Crippen LogP contribution in [0.3, 0.4) is 0 Å². The second-order valence-corrected chi connectivity index (χ2v) is 6.54. The van der Waals surface area contributed by atoms with E-state index in [0.717, 1.165) is 16.5 Å². The summed E-state index contributed by atoms with van der Waals surface area (Å²) in [4.78, 5) is 43.2. The number of methoxy groups -OCH3 is 1. The molecule has 8 nitrogen and oxygen atoms in total. The van der Waals surface area contributed by atoms with Gasteiger partial charge in [0.1, 0.15) is 11.2 Å². The molecule has 2 heterocycles. The average Bonchev–Trinajstić information content (AvgIpc) is 3.14. The number of aromatic nitrogens is 2. The molecule has 29 heavy (non-hydrogen) atoms. The maximum Gasteiger partial charge on any atom is 0.340 e. The van der Waals surface area contributed by atoms with Crippen molar-refractivity contribution >= 4 is 40.3 Å². The molecule has 2 N–H and O–H groups in total. The number of esters is 2. The van der Waals surface area contributed by atoms with Gasteiger partial charge in [-0.25, -0.2) is 14.6 Å². The highest BCUT2D eigenvalue weighted by Crippen LogP contribution is 2.19. The number of nitrogens with one attached hydrogen (secondary N) is 2. The molecule has 0 aliphatic carbocycles. The Morgan fingerprint density at radius 2 is 2.00 bits per heavy atom. The maximum absolute atomic E-state index is 12.2. The van der Waals surface area contributed by atoms with Crippen molar-refractivity contribution in [3.05, 3.63) is 65.1 Å².